The van der Waals surface area contributed by atoms with Crippen LogP contribution in [-0.4, -0.2) is 23.4 Å². The first-order valence-corrected chi connectivity index (χ1v) is 5.92. The van der Waals surface area contributed by atoms with Gasteiger partial charge in [-0.05, 0) is 19.1 Å². The summed E-state index contributed by atoms with van der Waals surface area (Å²) in [6, 6.07) is 9.02. The second-order valence-corrected chi connectivity index (χ2v) is 4.21. The number of nitrogens with zero attached hydrogens (tertiary/aromatic N) is 1. The third kappa shape index (κ3) is 3.07. The van der Waals surface area contributed by atoms with Crippen molar-refractivity contribution in [3.8, 4) is 0 Å². The number of para-hydroxylation sites is 1. The van der Waals surface area contributed by atoms with E-state index in [1.165, 1.54) is 0 Å². The molecule has 1 N–H and O–H groups in total. The van der Waals surface area contributed by atoms with Crippen LogP contribution >= 0.6 is 0 Å². The summed E-state index contributed by atoms with van der Waals surface area (Å²) < 4.78 is 0. The van der Waals surface area contributed by atoms with Crippen molar-refractivity contribution >= 4 is 22.8 Å². The van der Waals surface area contributed by atoms with E-state index in [4.69, 9.17) is 0 Å². The summed E-state index contributed by atoms with van der Waals surface area (Å²) in [5.74, 6) is -1.49. The zero-order chi connectivity index (χ0) is 13.8. The van der Waals surface area contributed by atoms with Gasteiger partial charge in [-0.1, -0.05) is 18.2 Å². The molecule has 0 bridgehead atoms. The Hall–Kier alpha value is -2.43. The molecule has 1 heterocycles. The van der Waals surface area contributed by atoms with Crippen molar-refractivity contribution in [2.45, 2.75) is 13.3 Å². The number of aryl methyl sites for hydroxylation is 1. The summed E-state index contributed by atoms with van der Waals surface area (Å²) >= 11 is 0. The molecule has 1 amide bonds. The highest BCUT2D eigenvalue weighted by Crippen LogP contribution is 2.17. The Morgan fingerprint density at radius 1 is 1.32 bits per heavy atom. The van der Waals surface area contributed by atoms with Crippen LogP contribution in [0.3, 0.4) is 0 Å². The van der Waals surface area contributed by atoms with Gasteiger partial charge < -0.3 is 15.2 Å². The van der Waals surface area contributed by atoms with Crippen molar-refractivity contribution < 1.29 is 14.7 Å². The molecule has 0 aliphatic rings. The summed E-state index contributed by atoms with van der Waals surface area (Å²) in [5, 5.41) is 13.6. The lowest BCUT2D eigenvalue weighted by Gasteiger charge is -2.09. The quantitative estimate of drug-likeness (QED) is 0.860. The van der Waals surface area contributed by atoms with Gasteiger partial charge in [0, 0.05) is 30.0 Å². The molecular weight excluding hydrogens is 244 g/mol. The van der Waals surface area contributed by atoms with Crippen LogP contribution in [0.2, 0.25) is 0 Å². The van der Waals surface area contributed by atoms with Crippen LogP contribution < -0.4 is 10.4 Å². The van der Waals surface area contributed by atoms with E-state index in [0.717, 1.165) is 16.6 Å². The number of carbonyl (C=O) groups is 2. The molecule has 19 heavy (non-hydrogen) atoms. The molecule has 5 heteroatoms. The topological polar surface area (TPSA) is 82.1 Å². The molecule has 1 aromatic heterocycles. The third-order valence-corrected chi connectivity index (χ3v) is 2.70. The lowest BCUT2D eigenvalue weighted by atomic mass is 10.1. The van der Waals surface area contributed by atoms with E-state index in [0.29, 0.717) is 5.56 Å². The normalized spacial score (nSPS) is 10.4. The summed E-state index contributed by atoms with van der Waals surface area (Å²) in [6.45, 7) is 1.86. The number of hydrogen-bond acceptors (Lipinski definition) is 4. The highest BCUT2D eigenvalue weighted by atomic mass is 16.4. The smallest absolute Gasteiger partial charge is 0.252 e. The fraction of sp³-hybridized carbons (Fsp3) is 0.214. The standard InChI is InChI=1S/C14H14N2O3/c1-9-8-11(14(19)15-7-6-13(17)18)10-4-2-3-5-12(10)16-9/h2-5,8H,6-7H2,1H3,(H,15,19)(H,17,18)/p-1. The van der Waals surface area contributed by atoms with Gasteiger partial charge in [-0.2, -0.15) is 0 Å². The van der Waals surface area contributed by atoms with Crippen LogP contribution in [-0.2, 0) is 4.79 Å². The van der Waals surface area contributed by atoms with Crippen LogP contribution in [0.4, 0.5) is 0 Å². The SMILES string of the molecule is Cc1cc(C(=O)NCCC(=O)[O-])c2ccccc2n1. The fourth-order valence-corrected chi connectivity index (χ4v) is 1.87. The molecule has 2 aromatic rings. The fourth-order valence-electron chi connectivity index (χ4n) is 1.87. The Morgan fingerprint density at radius 3 is 2.79 bits per heavy atom. The predicted octanol–water partition coefficient (Wildman–Crippen LogP) is 0.413. The molecule has 0 atom stereocenters. The lowest BCUT2D eigenvalue weighted by Crippen LogP contribution is -2.31. The number of nitrogens with one attached hydrogen (secondary N) is 1. The van der Waals surface area contributed by atoms with Gasteiger partial charge in [-0.3, -0.25) is 9.78 Å². The van der Waals surface area contributed by atoms with Crippen molar-refractivity contribution in [1.29, 1.82) is 0 Å². The molecule has 0 spiro atoms. The van der Waals surface area contributed by atoms with Crippen LogP contribution in [0.1, 0.15) is 22.5 Å². The summed E-state index contributed by atoms with van der Waals surface area (Å²) in [7, 11) is 0. The molecule has 5 nitrogen and oxygen atoms in total. The molecule has 0 aliphatic heterocycles. The summed E-state index contributed by atoms with van der Waals surface area (Å²) in [5.41, 5.74) is 1.98. The molecule has 0 radical (unpaired) electrons. The van der Waals surface area contributed by atoms with Crippen molar-refractivity contribution in [2.24, 2.45) is 0 Å². The molecule has 98 valence electrons. The van der Waals surface area contributed by atoms with Gasteiger partial charge in [-0.15, -0.1) is 0 Å². The predicted molar refractivity (Wildman–Crippen MR) is 68.4 cm³/mol. The molecule has 1 aromatic carbocycles. The number of aromatic nitrogens is 1. The number of amides is 1. The molecule has 0 fully saturated rings. The van der Waals surface area contributed by atoms with Gasteiger partial charge in [0.2, 0.25) is 0 Å². The minimum atomic E-state index is -1.18. The number of rotatable bonds is 4. The van der Waals surface area contributed by atoms with Crippen molar-refractivity contribution in [3.63, 3.8) is 0 Å². The second-order valence-electron chi connectivity index (χ2n) is 4.21. The summed E-state index contributed by atoms with van der Waals surface area (Å²) in [4.78, 5) is 26.7. The second kappa shape index (κ2) is 5.48. The Balaban J connectivity index is 2.28. The molecule has 0 saturated carbocycles. The highest BCUT2D eigenvalue weighted by molar-refractivity contribution is 6.06. The van der Waals surface area contributed by atoms with E-state index in [-0.39, 0.29) is 18.9 Å². The number of hydrogen-bond donors (Lipinski definition) is 1. The Bertz CT molecular complexity index is 638. The van der Waals surface area contributed by atoms with E-state index < -0.39 is 5.97 Å². The zero-order valence-corrected chi connectivity index (χ0v) is 10.5. The minimum absolute atomic E-state index is 0.0524. The number of carbonyl (C=O) groups excluding carboxylic acids is 2. The van der Waals surface area contributed by atoms with E-state index in [1.54, 1.807) is 6.07 Å². The number of aliphatic carboxylic acids is 1. The first-order chi connectivity index (χ1) is 9.08. The molecular formula is C14H13N2O3-. The zero-order valence-electron chi connectivity index (χ0n) is 10.5. The van der Waals surface area contributed by atoms with Crippen LogP contribution in [0.15, 0.2) is 30.3 Å². The van der Waals surface area contributed by atoms with Gasteiger partial charge in [0.05, 0.1) is 11.1 Å². The average Bonchev–Trinajstić information content (AvgIpc) is 2.37. The van der Waals surface area contributed by atoms with Crippen molar-refractivity contribution in [1.82, 2.24) is 10.3 Å². The monoisotopic (exact) mass is 257 g/mol. The van der Waals surface area contributed by atoms with E-state index >= 15 is 0 Å². The van der Waals surface area contributed by atoms with Gasteiger partial charge in [0.15, 0.2) is 0 Å². The maximum absolute atomic E-state index is 12.0. The molecule has 0 unspecified atom stereocenters. The Kier molecular flexibility index (Phi) is 3.75. The van der Waals surface area contributed by atoms with Crippen LogP contribution in [0, 0.1) is 6.92 Å². The average molecular weight is 257 g/mol. The number of fused-ring (bicyclic) bond motifs is 1. The number of pyridine rings is 1. The van der Waals surface area contributed by atoms with Gasteiger partial charge >= 0.3 is 0 Å². The lowest BCUT2D eigenvalue weighted by molar-refractivity contribution is -0.305. The van der Waals surface area contributed by atoms with E-state index in [1.807, 2.05) is 31.2 Å². The van der Waals surface area contributed by atoms with E-state index in [2.05, 4.69) is 10.3 Å². The Labute approximate surface area is 110 Å². The molecule has 0 saturated heterocycles. The number of carboxylic acid groups (broad SMARTS) is 1. The van der Waals surface area contributed by atoms with Crippen molar-refractivity contribution in [3.05, 3.63) is 41.6 Å². The van der Waals surface area contributed by atoms with Crippen LogP contribution in [0.25, 0.3) is 10.9 Å². The third-order valence-electron chi connectivity index (χ3n) is 2.70. The van der Waals surface area contributed by atoms with Gasteiger partial charge in [0.1, 0.15) is 0 Å². The minimum Gasteiger partial charge on any atom is -0.550 e. The van der Waals surface area contributed by atoms with E-state index in [9.17, 15) is 14.7 Å². The highest BCUT2D eigenvalue weighted by Gasteiger charge is 2.11. The Morgan fingerprint density at radius 2 is 2.05 bits per heavy atom. The first kappa shape index (κ1) is 13.0. The maximum atomic E-state index is 12.0. The number of benzene rings is 1. The molecule has 2 rings (SSSR count). The van der Waals surface area contributed by atoms with Crippen molar-refractivity contribution in [2.75, 3.05) is 6.54 Å². The summed E-state index contributed by atoms with van der Waals surface area (Å²) in [6.07, 6.45) is -0.201. The largest absolute Gasteiger partial charge is 0.550 e. The maximum Gasteiger partial charge on any atom is 0.252 e. The van der Waals surface area contributed by atoms with Gasteiger partial charge in [0.25, 0.3) is 5.91 Å². The number of carboxylic acids is 1. The van der Waals surface area contributed by atoms with Crippen LogP contribution in [0.5, 0.6) is 0 Å². The molecule has 0 aliphatic carbocycles. The first-order valence-electron chi connectivity index (χ1n) is 5.92. The van der Waals surface area contributed by atoms with Gasteiger partial charge in [-0.25, -0.2) is 0 Å².